The lowest BCUT2D eigenvalue weighted by molar-refractivity contribution is -0.0452. The van der Waals surface area contributed by atoms with Gasteiger partial charge in [-0.15, -0.1) is 0 Å². The minimum Gasteiger partial charge on any atom is -0.223 e. The Balaban J connectivity index is 2.04. The van der Waals surface area contributed by atoms with Crippen LogP contribution in [0.1, 0.15) is 31.2 Å². The molecule has 0 aromatic heterocycles. The van der Waals surface area contributed by atoms with E-state index in [2.05, 4.69) is 0 Å². The van der Waals surface area contributed by atoms with Crippen molar-refractivity contribution in [2.75, 3.05) is 0 Å². The van der Waals surface area contributed by atoms with Crippen LogP contribution in [0.5, 0.6) is 0 Å². The molecular formula is C19H18F5NO4S2. The summed E-state index contributed by atoms with van der Waals surface area (Å²) in [5, 5.41) is 0. The van der Waals surface area contributed by atoms with Crippen LogP contribution in [0, 0.1) is 11.6 Å². The van der Waals surface area contributed by atoms with E-state index in [9.17, 15) is 38.8 Å². The summed E-state index contributed by atoms with van der Waals surface area (Å²) < 4.78 is 116. The van der Waals surface area contributed by atoms with Gasteiger partial charge in [0.15, 0.2) is 9.84 Å². The molecule has 0 saturated heterocycles. The molecule has 0 amide bonds. The number of hydrogen-bond acceptors (Lipinski definition) is 4. The Morgan fingerprint density at radius 3 is 2.03 bits per heavy atom. The molecule has 1 aliphatic carbocycles. The Morgan fingerprint density at radius 2 is 1.48 bits per heavy atom. The Hall–Kier alpha value is -2.05. The molecule has 0 radical (unpaired) electrons. The maximum atomic E-state index is 14.7. The molecule has 0 aliphatic heterocycles. The number of hydrogen-bond donors (Lipinski definition) is 1. The molecule has 0 atom stereocenters. The molecule has 0 heterocycles. The van der Waals surface area contributed by atoms with Crippen molar-refractivity contribution in [3.63, 3.8) is 0 Å². The number of rotatable bonds is 5. The lowest BCUT2D eigenvalue weighted by Crippen LogP contribution is -2.48. The van der Waals surface area contributed by atoms with Crippen LogP contribution in [0.2, 0.25) is 0 Å². The average Bonchev–Trinajstić information content (AvgIpc) is 2.70. The summed E-state index contributed by atoms with van der Waals surface area (Å²) in [5.41, 5.74) is -5.96. The van der Waals surface area contributed by atoms with Gasteiger partial charge in [-0.25, -0.2) is 30.3 Å². The molecular weight excluding hydrogens is 465 g/mol. The van der Waals surface area contributed by atoms with E-state index in [4.69, 9.17) is 0 Å². The van der Waals surface area contributed by atoms with E-state index in [1.54, 1.807) is 6.07 Å². The largest absolute Gasteiger partial charge is 0.511 e. The van der Waals surface area contributed by atoms with Gasteiger partial charge in [0.25, 0.3) is 0 Å². The van der Waals surface area contributed by atoms with Gasteiger partial charge >= 0.3 is 15.5 Å². The maximum absolute atomic E-state index is 14.7. The molecule has 0 unspecified atom stereocenters. The predicted molar refractivity (Wildman–Crippen MR) is 102 cm³/mol. The Kier molecular flexibility index (Phi) is 6.20. The fourth-order valence-corrected chi connectivity index (χ4v) is 6.84. The van der Waals surface area contributed by atoms with Crippen LogP contribution in [0.3, 0.4) is 0 Å². The first kappa shape index (κ1) is 23.6. The second-order valence-corrected chi connectivity index (χ2v) is 11.2. The molecule has 1 saturated carbocycles. The Morgan fingerprint density at radius 1 is 0.903 bits per heavy atom. The van der Waals surface area contributed by atoms with E-state index in [0.29, 0.717) is 0 Å². The second kappa shape index (κ2) is 8.14. The first-order valence-electron chi connectivity index (χ1n) is 9.14. The van der Waals surface area contributed by atoms with Gasteiger partial charge in [-0.05, 0) is 56.0 Å². The van der Waals surface area contributed by atoms with Crippen molar-refractivity contribution in [1.29, 1.82) is 0 Å². The van der Waals surface area contributed by atoms with Crippen LogP contribution in [0.25, 0.3) is 0 Å². The number of nitrogens with one attached hydrogen (secondary N) is 1. The first-order chi connectivity index (χ1) is 14.3. The fraction of sp³-hybridized carbons (Fsp3) is 0.368. The zero-order chi connectivity index (χ0) is 23.1. The van der Waals surface area contributed by atoms with E-state index in [1.165, 1.54) is 29.0 Å². The molecule has 31 heavy (non-hydrogen) atoms. The monoisotopic (exact) mass is 483 g/mol. The van der Waals surface area contributed by atoms with Gasteiger partial charge < -0.3 is 0 Å². The Bertz CT molecular complexity index is 1160. The van der Waals surface area contributed by atoms with E-state index in [0.717, 1.165) is 18.2 Å². The number of benzene rings is 2. The van der Waals surface area contributed by atoms with Gasteiger partial charge in [0, 0.05) is 11.6 Å². The van der Waals surface area contributed by atoms with Crippen molar-refractivity contribution in [2.24, 2.45) is 0 Å². The summed E-state index contributed by atoms with van der Waals surface area (Å²) in [6.07, 6.45) is -1.46. The highest BCUT2D eigenvalue weighted by Gasteiger charge is 2.52. The molecule has 5 nitrogen and oxygen atoms in total. The molecule has 170 valence electrons. The summed E-state index contributed by atoms with van der Waals surface area (Å²) in [7, 11) is -9.95. The van der Waals surface area contributed by atoms with Crippen LogP contribution in [0.4, 0.5) is 22.0 Å². The number of alkyl halides is 3. The topological polar surface area (TPSA) is 80.3 Å². The van der Waals surface area contributed by atoms with Crippen molar-refractivity contribution in [3.05, 3.63) is 65.7 Å². The highest BCUT2D eigenvalue weighted by Crippen LogP contribution is 2.48. The van der Waals surface area contributed by atoms with E-state index in [1.807, 2.05) is 0 Å². The second-order valence-electron chi connectivity index (χ2n) is 7.28. The third-order valence-corrected chi connectivity index (χ3v) is 9.21. The lowest BCUT2D eigenvalue weighted by Gasteiger charge is -2.40. The first-order valence-corrected chi connectivity index (χ1v) is 12.1. The molecule has 2 aromatic carbocycles. The molecule has 2 aromatic rings. The molecule has 0 bridgehead atoms. The molecule has 1 N–H and O–H groups in total. The van der Waals surface area contributed by atoms with Gasteiger partial charge in [-0.2, -0.15) is 13.2 Å². The molecule has 3 rings (SSSR count). The smallest absolute Gasteiger partial charge is 0.223 e. The third-order valence-electron chi connectivity index (χ3n) is 5.41. The molecule has 1 fully saturated rings. The summed E-state index contributed by atoms with van der Waals surface area (Å²) >= 11 is 0. The van der Waals surface area contributed by atoms with Crippen molar-refractivity contribution in [2.45, 2.75) is 46.9 Å². The normalized spacial score (nSPS) is 22.9. The number of sulfonamides is 1. The fourth-order valence-electron chi connectivity index (χ4n) is 3.84. The average molecular weight is 483 g/mol. The number of sulfone groups is 1. The SMILES string of the molecule is O=S(=O)(NC1CCC(c2cc(F)ccc2F)(S(=O)(=O)c2ccccc2)CC1)C(F)(F)F. The van der Waals surface area contributed by atoms with Gasteiger partial charge in [0.2, 0.25) is 0 Å². The maximum Gasteiger partial charge on any atom is 0.511 e. The van der Waals surface area contributed by atoms with E-state index < -0.39 is 66.2 Å². The zero-order valence-electron chi connectivity index (χ0n) is 15.9. The van der Waals surface area contributed by atoms with Crippen molar-refractivity contribution in [3.8, 4) is 0 Å². The highest BCUT2D eigenvalue weighted by atomic mass is 32.2. The summed E-state index contributed by atoms with van der Waals surface area (Å²) in [5.74, 6) is -1.85. The molecule has 0 spiro atoms. The van der Waals surface area contributed by atoms with Crippen LogP contribution >= 0.6 is 0 Å². The van der Waals surface area contributed by atoms with E-state index in [-0.39, 0.29) is 17.7 Å². The standard InChI is InChI=1S/C19H18F5NO4S2/c20-13-6-7-17(21)16(12-13)18(30(26,27)15-4-2-1-3-5-15)10-8-14(9-11-18)25-31(28,29)19(22,23)24/h1-7,12,14,25H,8-11H2. The summed E-state index contributed by atoms with van der Waals surface area (Å²) in [4.78, 5) is -0.159. The molecule has 12 heteroatoms. The van der Waals surface area contributed by atoms with Crippen molar-refractivity contribution in [1.82, 2.24) is 4.72 Å². The van der Waals surface area contributed by atoms with Gasteiger partial charge in [0.05, 0.1) is 4.90 Å². The van der Waals surface area contributed by atoms with Gasteiger partial charge in [0.1, 0.15) is 16.4 Å². The summed E-state index contributed by atoms with van der Waals surface area (Å²) in [6, 6.07) is 8.20. The Labute approximate surface area is 176 Å². The van der Waals surface area contributed by atoms with Crippen LogP contribution < -0.4 is 4.72 Å². The lowest BCUT2D eigenvalue weighted by atomic mass is 9.80. The minimum absolute atomic E-state index is 0.159. The third kappa shape index (κ3) is 4.33. The van der Waals surface area contributed by atoms with Gasteiger partial charge in [-0.1, -0.05) is 18.2 Å². The van der Waals surface area contributed by atoms with Crippen LogP contribution in [-0.2, 0) is 24.6 Å². The highest BCUT2D eigenvalue weighted by molar-refractivity contribution is 7.92. The molecule has 1 aliphatic rings. The minimum atomic E-state index is -5.64. The predicted octanol–water partition coefficient (Wildman–Crippen LogP) is 4.02. The number of halogens is 5. The quantitative estimate of drug-likeness (QED) is 0.652. The van der Waals surface area contributed by atoms with Crippen molar-refractivity contribution >= 4 is 19.9 Å². The summed E-state index contributed by atoms with van der Waals surface area (Å²) in [6.45, 7) is 0. The zero-order valence-corrected chi connectivity index (χ0v) is 17.5. The van der Waals surface area contributed by atoms with Crippen molar-refractivity contribution < 1.29 is 38.8 Å². The van der Waals surface area contributed by atoms with Crippen LogP contribution in [0.15, 0.2) is 53.4 Å². The van der Waals surface area contributed by atoms with Crippen LogP contribution in [-0.4, -0.2) is 28.4 Å². The van der Waals surface area contributed by atoms with Gasteiger partial charge in [-0.3, -0.25) is 0 Å². The van der Waals surface area contributed by atoms with E-state index >= 15 is 0 Å².